The van der Waals surface area contributed by atoms with Crippen LogP contribution in [-0.2, 0) is 13.0 Å². The van der Waals surface area contributed by atoms with Gasteiger partial charge in [0.05, 0.1) is 6.54 Å². The van der Waals surface area contributed by atoms with Gasteiger partial charge in [-0.3, -0.25) is 4.79 Å². The van der Waals surface area contributed by atoms with E-state index in [1.54, 1.807) is 17.6 Å². The van der Waals surface area contributed by atoms with Crippen LogP contribution in [-0.4, -0.2) is 20.6 Å². The molecule has 2 aromatic heterocycles. The molecule has 0 atom stereocenters. The van der Waals surface area contributed by atoms with Crippen molar-refractivity contribution < 1.29 is 9.32 Å². The molecule has 1 aromatic carbocycles. The molecular weight excluding hydrogens is 292 g/mol. The van der Waals surface area contributed by atoms with Crippen molar-refractivity contribution in [3.63, 3.8) is 0 Å². The number of carbonyl (C=O) groups is 1. The van der Waals surface area contributed by atoms with Gasteiger partial charge in [0.1, 0.15) is 5.69 Å². The van der Waals surface area contributed by atoms with Gasteiger partial charge in [-0.2, -0.15) is 4.98 Å². The van der Waals surface area contributed by atoms with Crippen molar-refractivity contribution in [2.45, 2.75) is 26.8 Å². The Morgan fingerprint density at radius 1 is 1.26 bits per heavy atom. The molecule has 0 saturated carbocycles. The molecule has 3 aromatic rings. The zero-order chi connectivity index (χ0) is 16.2. The van der Waals surface area contributed by atoms with E-state index >= 15 is 0 Å². The topological polar surface area (TPSA) is 73.0 Å². The van der Waals surface area contributed by atoms with E-state index in [4.69, 9.17) is 4.52 Å². The lowest BCUT2D eigenvalue weighted by molar-refractivity contribution is 0.101. The fraction of sp³-hybridized carbons (Fsp3) is 0.235. The fourth-order valence-corrected chi connectivity index (χ4v) is 2.33. The van der Waals surface area contributed by atoms with E-state index in [0.29, 0.717) is 24.0 Å². The summed E-state index contributed by atoms with van der Waals surface area (Å²) in [5, 5.41) is 6.76. The summed E-state index contributed by atoms with van der Waals surface area (Å²) < 4.78 is 6.75. The molecular formula is C17H18N4O2. The molecule has 1 amide bonds. The van der Waals surface area contributed by atoms with E-state index in [0.717, 1.165) is 12.1 Å². The quantitative estimate of drug-likeness (QED) is 0.786. The average molecular weight is 310 g/mol. The zero-order valence-corrected chi connectivity index (χ0v) is 13.1. The summed E-state index contributed by atoms with van der Waals surface area (Å²) in [5.41, 5.74) is 2.56. The Balaban J connectivity index is 1.73. The largest absolute Gasteiger partial charge is 0.340 e. The highest BCUT2D eigenvalue weighted by Gasteiger charge is 2.13. The number of anilines is 1. The van der Waals surface area contributed by atoms with Crippen LogP contribution in [0.5, 0.6) is 0 Å². The van der Waals surface area contributed by atoms with Gasteiger partial charge in [0.25, 0.3) is 5.91 Å². The van der Waals surface area contributed by atoms with E-state index in [2.05, 4.69) is 22.4 Å². The Labute approximate surface area is 134 Å². The molecule has 23 heavy (non-hydrogen) atoms. The molecule has 0 aliphatic carbocycles. The van der Waals surface area contributed by atoms with Gasteiger partial charge < -0.3 is 14.4 Å². The van der Waals surface area contributed by atoms with Crippen LogP contribution in [0.4, 0.5) is 5.69 Å². The van der Waals surface area contributed by atoms with E-state index in [1.807, 2.05) is 36.5 Å². The van der Waals surface area contributed by atoms with Crippen LogP contribution in [0.15, 0.2) is 47.1 Å². The van der Waals surface area contributed by atoms with E-state index in [1.165, 1.54) is 5.56 Å². The molecule has 0 radical (unpaired) electrons. The summed E-state index contributed by atoms with van der Waals surface area (Å²) >= 11 is 0. The van der Waals surface area contributed by atoms with Crippen molar-refractivity contribution in [3.05, 3.63) is 65.6 Å². The van der Waals surface area contributed by atoms with Crippen LogP contribution >= 0.6 is 0 Å². The zero-order valence-electron chi connectivity index (χ0n) is 13.1. The first-order valence-corrected chi connectivity index (χ1v) is 7.50. The Hall–Kier alpha value is -2.89. The molecule has 6 heteroatoms. The maximum absolute atomic E-state index is 12.4. The molecule has 6 nitrogen and oxygen atoms in total. The number of aromatic nitrogens is 3. The normalized spacial score (nSPS) is 10.7. The molecule has 0 unspecified atom stereocenters. The third-order valence-corrected chi connectivity index (χ3v) is 3.56. The number of aryl methyl sites for hydroxylation is 2. The summed E-state index contributed by atoms with van der Waals surface area (Å²) in [4.78, 5) is 16.6. The number of nitrogens with zero attached hydrogens (tertiary/aromatic N) is 3. The van der Waals surface area contributed by atoms with Crippen molar-refractivity contribution >= 4 is 11.6 Å². The first-order chi connectivity index (χ1) is 11.2. The minimum absolute atomic E-state index is 0.167. The van der Waals surface area contributed by atoms with Crippen LogP contribution in [0, 0.1) is 6.92 Å². The second-order valence-corrected chi connectivity index (χ2v) is 5.26. The number of nitrogens with one attached hydrogen (secondary N) is 1. The first-order valence-electron chi connectivity index (χ1n) is 7.50. The number of carbonyl (C=O) groups excluding carboxylic acids is 1. The van der Waals surface area contributed by atoms with Gasteiger partial charge in [0.15, 0.2) is 5.82 Å². The molecule has 1 N–H and O–H groups in total. The maximum Gasteiger partial charge on any atom is 0.272 e. The van der Waals surface area contributed by atoms with Crippen LogP contribution in [0.25, 0.3) is 0 Å². The van der Waals surface area contributed by atoms with Gasteiger partial charge in [-0.25, -0.2) is 0 Å². The van der Waals surface area contributed by atoms with Crippen molar-refractivity contribution in [3.8, 4) is 0 Å². The Morgan fingerprint density at radius 2 is 2.04 bits per heavy atom. The summed E-state index contributed by atoms with van der Waals surface area (Å²) in [6.45, 7) is 4.22. The van der Waals surface area contributed by atoms with Crippen LogP contribution in [0.2, 0.25) is 0 Å². The highest BCUT2D eigenvalue weighted by Crippen LogP contribution is 2.13. The first kappa shape index (κ1) is 15.0. The van der Waals surface area contributed by atoms with Crippen molar-refractivity contribution in [1.82, 2.24) is 14.7 Å². The predicted octanol–water partition coefficient (Wildman–Crippen LogP) is 3.04. The number of hydrogen-bond acceptors (Lipinski definition) is 4. The summed E-state index contributed by atoms with van der Waals surface area (Å²) in [7, 11) is 0. The lowest BCUT2D eigenvalue weighted by Crippen LogP contribution is -2.17. The summed E-state index contributed by atoms with van der Waals surface area (Å²) in [6.07, 6.45) is 2.79. The number of benzene rings is 1. The predicted molar refractivity (Wildman–Crippen MR) is 86.3 cm³/mol. The van der Waals surface area contributed by atoms with Crippen LogP contribution < -0.4 is 5.32 Å². The van der Waals surface area contributed by atoms with E-state index < -0.39 is 0 Å². The molecule has 0 fully saturated rings. The van der Waals surface area contributed by atoms with Crippen molar-refractivity contribution in [2.24, 2.45) is 0 Å². The summed E-state index contributed by atoms with van der Waals surface area (Å²) in [5.74, 6) is 0.883. The molecule has 118 valence electrons. The van der Waals surface area contributed by atoms with Gasteiger partial charge in [-0.15, -0.1) is 0 Å². The monoisotopic (exact) mass is 310 g/mol. The van der Waals surface area contributed by atoms with Gasteiger partial charge >= 0.3 is 0 Å². The second-order valence-electron chi connectivity index (χ2n) is 5.26. The molecule has 0 aliphatic rings. The number of amides is 1. The van der Waals surface area contributed by atoms with Gasteiger partial charge in [-0.05, 0) is 36.2 Å². The third-order valence-electron chi connectivity index (χ3n) is 3.56. The number of hydrogen-bond donors (Lipinski definition) is 1. The molecule has 2 heterocycles. The van der Waals surface area contributed by atoms with E-state index in [9.17, 15) is 4.79 Å². The van der Waals surface area contributed by atoms with Gasteiger partial charge in [-0.1, -0.05) is 24.2 Å². The lowest BCUT2D eigenvalue weighted by Gasteiger charge is -2.08. The van der Waals surface area contributed by atoms with Crippen LogP contribution in [0.3, 0.4) is 0 Å². The van der Waals surface area contributed by atoms with Crippen LogP contribution in [0.1, 0.15) is 34.7 Å². The fourth-order valence-electron chi connectivity index (χ4n) is 2.33. The Kier molecular flexibility index (Phi) is 4.23. The lowest BCUT2D eigenvalue weighted by atomic mass is 10.1. The SMILES string of the molecule is CCc1ccc(NC(=O)c2cccn2Cc2noc(C)n2)cc1. The second kappa shape index (κ2) is 6.48. The van der Waals surface area contributed by atoms with Crippen molar-refractivity contribution in [2.75, 3.05) is 5.32 Å². The average Bonchev–Trinajstić information content (AvgIpc) is 3.17. The Morgan fingerprint density at radius 3 is 2.70 bits per heavy atom. The van der Waals surface area contributed by atoms with E-state index in [-0.39, 0.29) is 5.91 Å². The minimum Gasteiger partial charge on any atom is -0.340 e. The minimum atomic E-state index is -0.167. The molecule has 3 rings (SSSR count). The molecule has 0 spiro atoms. The summed E-state index contributed by atoms with van der Waals surface area (Å²) in [6, 6.07) is 11.4. The molecule has 0 saturated heterocycles. The molecule has 0 bridgehead atoms. The smallest absolute Gasteiger partial charge is 0.272 e. The number of rotatable bonds is 5. The van der Waals surface area contributed by atoms with Crippen molar-refractivity contribution in [1.29, 1.82) is 0 Å². The van der Waals surface area contributed by atoms with Gasteiger partial charge in [0.2, 0.25) is 5.89 Å². The maximum atomic E-state index is 12.4. The Bertz CT molecular complexity index is 802. The molecule has 0 aliphatic heterocycles. The highest BCUT2D eigenvalue weighted by molar-refractivity contribution is 6.03. The third kappa shape index (κ3) is 3.48. The van der Waals surface area contributed by atoms with Gasteiger partial charge in [0, 0.05) is 18.8 Å². The standard InChI is InChI=1S/C17H18N4O2/c1-3-13-6-8-14(9-7-13)19-17(22)15-5-4-10-21(15)11-16-18-12(2)23-20-16/h4-10H,3,11H2,1-2H3,(H,19,22). The highest BCUT2D eigenvalue weighted by atomic mass is 16.5.